The van der Waals surface area contributed by atoms with E-state index in [1.54, 1.807) is 30.5 Å². The van der Waals surface area contributed by atoms with Crippen molar-refractivity contribution in [3.63, 3.8) is 0 Å². The highest BCUT2D eigenvalue weighted by atomic mass is 35.5. The van der Waals surface area contributed by atoms with E-state index in [2.05, 4.69) is 16.7 Å². The number of halogens is 3. The first-order valence-corrected chi connectivity index (χ1v) is 11.2. The number of aryl methyl sites for hydroxylation is 1. The van der Waals surface area contributed by atoms with Gasteiger partial charge in [-0.1, -0.05) is 66.3 Å². The molecule has 0 saturated carbocycles. The van der Waals surface area contributed by atoms with Gasteiger partial charge in [0.25, 0.3) is 10.0 Å². The van der Waals surface area contributed by atoms with Gasteiger partial charge in [0.15, 0.2) is 5.82 Å². The van der Waals surface area contributed by atoms with Gasteiger partial charge < -0.3 is 0 Å². The van der Waals surface area contributed by atoms with Crippen molar-refractivity contribution in [2.45, 2.75) is 31.2 Å². The Balaban J connectivity index is 1.77. The fraction of sp³-hybridized carbons (Fsp3) is 0.211. The maximum Gasteiger partial charge on any atom is 0.263 e. The Hall–Kier alpha value is -1.73. The highest BCUT2D eigenvalue weighted by Gasteiger charge is 2.18. The average Bonchev–Trinajstić information content (AvgIpc) is 2.97. The number of anilines is 1. The number of rotatable bonds is 7. The summed E-state index contributed by atoms with van der Waals surface area (Å²) < 4.78 is 29.2. The van der Waals surface area contributed by atoms with Crippen LogP contribution in [-0.4, -0.2) is 18.2 Å². The van der Waals surface area contributed by atoms with Crippen LogP contribution in [0, 0.1) is 0 Å². The second-order valence-electron chi connectivity index (χ2n) is 6.27. The van der Waals surface area contributed by atoms with Gasteiger partial charge in [-0.3, -0.25) is 9.40 Å². The predicted octanol–water partition coefficient (Wildman–Crippen LogP) is 5.64. The molecule has 5 nitrogen and oxygen atoms in total. The van der Waals surface area contributed by atoms with Gasteiger partial charge in [-0.15, -0.1) is 0 Å². The van der Waals surface area contributed by atoms with Crippen molar-refractivity contribution in [3.05, 3.63) is 74.9 Å². The van der Waals surface area contributed by atoms with Crippen LogP contribution in [0.1, 0.15) is 24.5 Å². The standard InChI is InChI=1S/C19H18Cl3N3O2S/c1-2-3-13-4-7-15(8-5-13)28(26,27)24-19-18(22)12-25(23-19)11-14-6-9-16(20)17(21)10-14/h4-10,12H,2-3,11H2,1H3,(H,23,24). The van der Waals surface area contributed by atoms with E-state index in [4.69, 9.17) is 34.8 Å². The summed E-state index contributed by atoms with van der Waals surface area (Å²) in [5, 5.41) is 5.33. The molecule has 148 valence electrons. The lowest BCUT2D eigenvalue weighted by Gasteiger charge is -2.07. The molecular formula is C19H18Cl3N3O2S. The van der Waals surface area contributed by atoms with Crippen molar-refractivity contribution >= 4 is 50.6 Å². The maximum atomic E-state index is 12.6. The molecule has 0 atom stereocenters. The van der Waals surface area contributed by atoms with E-state index >= 15 is 0 Å². The van der Waals surface area contributed by atoms with Gasteiger partial charge in [0.2, 0.25) is 0 Å². The van der Waals surface area contributed by atoms with E-state index in [1.807, 2.05) is 18.2 Å². The zero-order valence-electron chi connectivity index (χ0n) is 15.0. The lowest BCUT2D eigenvalue weighted by atomic mass is 10.1. The normalized spacial score (nSPS) is 11.6. The van der Waals surface area contributed by atoms with Crippen LogP contribution in [0.3, 0.4) is 0 Å². The number of nitrogens with zero attached hydrogens (tertiary/aromatic N) is 2. The number of nitrogens with one attached hydrogen (secondary N) is 1. The molecule has 0 aliphatic heterocycles. The Labute approximate surface area is 179 Å². The van der Waals surface area contributed by atoms with E-state index in [-0.39, 0.29) is 15.7 Å². The second kappa shape index (κ2) is 8.74. The number of hydrogen-bond donors (Lipinski definition) is 1. The van der Waals surface area contributed by atoms with Crippen LogP contribution in [0.25, 0.3) is 0 Å². The summed E-state index contributed by atoms with van der Waals surface area (Å²) in [6.07, 6.45) is 3.45. The molecule has 28 heavy (non-hydrogen) atoms. The van der Waals surface area contributed by atoms with E-state index in [0.717, 1.165) is 24.0 Å². The molecule has 9 heteroatoms. The van der Waals surface area contributed by atoms with Crippen LogP contribution in [0.5, 0.6) is 0 Å². The zero-order chi connectivity index (χ0) is 20.3. The van der Waals surface area contributed by atoms with Crippen LogP contribution in [0.2, 0.25) is 15.1 Å². The monoisotopic (exact) mass is 457 g/mol. The smallest absolute Gasteiger partial charge is 0.263 e. The molecule has 0 amide bonds. The number of aromatic nitrogens is 2. The van der Waals surface area contributed by atoms with Gasteiger partial charge in [-0.2, -0.15) is 5.10 Å². The van der Waals surface area contributed by atoms with Crippen LogP contribution in [0.4, 0.5) is 5.82 Å². The molecule has 0 radical (unpaired) electrons. The van der Waals surface area contributed by atoms with Crippen molar-refractivity contribution in [2.24, 2.45) is 0 Å². The average molecular weight is 459 g/mol. The van der Waals surface area contributed by atoms with Crippen molar-refractivity contribution in [2.75, 3.05) is 4.72 Å². The Morgan fingerprint density at radius 1 is 0.964 bits per heavy atom. The molecule has 0 bridgehead atoms. The first kappa shape index (κ1) is 21.0. The minimum atomic E-state index is -3.79. The highest BCUT2D eigenvalue weighted by Crippen LogP contribution is 2.26. The molecule has 0 unspecified atom stereocenters. The first-order valence-electron chi connectivity index (χ1n) is 8.57. The van der Waals surface area contributed by atoms with Crippen LogP contribution in [-0.2, 0) is 23.0 Å². The Morgan fingerprint density at radius 3 is 2.29 bits per heavy atom. The van der Waals surface area contributed by atoms with Crippen molar-refractivity contribution in [1.29, 1.82) is 0 Å². The molecule has 0 spiro atoms. The number of benzene rings is 2. The molecule has 3 rings (SSSR count). The summed E-state index contributed by atoms with van der Waals surface area (Å²) in [7, 11) is -3.79. The van der Waals surface area contributed by atoms with E-state index in [0.29, 0.717) is 16.6 Å². The van der Waals surface area contributed by atoms with E-state index < -0.39 is 10.0 Å². The fourth-order valence-electron chi connectivity index (χ4n) is 2.68. The van der Waals surface area contributed by atoms with Gasteiger partial charge in [0.05, 0.1) is 21.5 Å². The molecule has 1 aromatic heterocycles. The van der Waals surface area contributed by atoms with E-state index in [1.165, 1.54) is 4.68 Å². The third-order valence-corrected chi connectivity index (χ3v) is 6.42. The minimum absolute atomic E-state index is 0.0689. The minimum Gasteiger partial charge on any atom is -0.265 e. The fourth-order valence-corrected chi connectivity index (χ4v) is 4.27. The number of sulfonamides is 1. The largest absolute Gasteiger partial charge is 0.265 e. The molecule has 1 N–H and O–H groups in total. The maximum absolute atomic E-state index is 12.6. The third kappa shape index (κ3) is 5.00. The quantitative estimate of drug-likeness (QED) is 0.498. The molecule has 0 aliphatic rings. The molecular weight excluding hydrogens is 441 g/mol. The molecule has 2 aromatic carbocycles. The van der Waals surface area contributed by atoms with Crippen LogP contribution < -0.4 is 4.72 Å². The highest BCUT2D eigenvalue weighted by molar-refractivity contribution is 7.92. The molecule has 3 aromatic rings. The van der Waals surface area contributed by atoms with Crippen molar-refractivity contribution in [3.8, 4) is 0 Å². The van der Waals surface area contributed by atoms with Gasteiger partial charge in [-0.05, 0) is 41.8 Å². The van der Waals surface area contributed by atoms with Gasteiger partial charge in [-0.25, -0.2) is 8.42 Å². The summed E-state index contributed by atoms with van der Waals surface area (Å²) in [5.41, 5.74) is 1.94. The second-order valence-corrected chi connectivity index (χ2v) is 9.18. The molecule has 0 aliphatic carbocycles. The molecule has 0 fully saturated rings. The Bertz CT molecular complexity index is 1080. The predicted molar refractivity (Wildman–Crippen MR) is 114 cm³/mol. The molecule has 0 saturated heterocycles. The summed E-state index contributed by atoms with van der Waals surface area (Å²) in [4.78, 5) is 0.155. The topological polar surface area (TPSA) is 64.0 Å². The van der Waals surface area contributed by atoms with Gasteiger partial charge in [0, 0.05) is 6.20 Å². The summed E-state index contributed by atoms with van der Waals surface area (Å²) in [6.45, 7) is 2.44. The lowest BCUT2D eigenvalue weighted by molar-refractivity contribution is 0.600. The third-order valence-electron chi connectivity index (χ3n) is 4.05. The number of hydrogen-bond acceptors (Lipinski definition) is 3. The van der Waals surface area contributed by atoms with Crippen LogP contribution in [0.15, 0.2) is 53.6 Å². The zero-order valence-corrected chi connectivity index (χ0v) is 18.1. The first-order chi connectivity index (χ1) is 13.3. The SMILES string of the molecule is CCCc1ccc(S(=O)(=O)Nc2nn(Cc3ccc(Cl)c(Cl)c3)cc2Cl)cc1. The van der Waals surface area contributed by atoms with E-state index in [9.17, 15) is 8.42 Å². The Morgan fingerprint density at radius 2 is 1.64 bits per heavy atom. The summed E-state index contributed by atoms with van der Waals surface area (Å²) in [5.74, 6) is 0.0689. The summed E-state index contributed by atoms with van der Waals surface area (Å²) in [6, 6.07) is 12.0. The van der Waals surface area contributed by atoms with Crippen molar-refractivity contribution < 1.29 is 8.42 Å². The Kier molecular flexibility index (Phi) is 6.55. The van der Waals surface area contributed by atoms with Crippen molar-refractivity contribution in [1.82, 2.24) is 9.78 Å². The van der Waals surface area contributed by atoms with Crippen LogP contribution >= 0.6 is 34.8 Å². The van der Waals surface area contributed by atoms with Gasteiger partial charge in [0.1, 0.15) is 5.02 Å². The van der Waals surface area contributed by atoms with Gasteiger partial charge >= 0.3 is 0 Å². The molecule has 1 heterocycles. The lowest BCUT2D eigenvalue weighted by Crippen LogP contribution is -2.14. The summed E-state index contributed by atoms with van der Waals surface area (Å²) >= 11 is 18.1.